The maximum atomic E-state index is 10.2. The summed E-state index contributed by atoms with van der Waals surface area (Å²) in [7, 11) is 0. The van der Waals surface area contributed by atoms with Crippen LogP contribution in [-0.2, 0) is 5.60 Å². The van der Waals surface area contributed by atoms with Crippen LogP contribution in [0.4, 0.5) is 0 Å². The van der Waals surface area contributed by atoms with Crippen LogP contribution in [0.2, 0.25) is 0 Å². The van der Waals surface area contributed by atoms with Crippen molar-refractivity contribution in [1.29, 1.82) is 0 Å². The van der Waals surface area contributed by atoms with E-state index in [2.05, 4.69) is 11.8 Å². The molecular weight excluding hydrogens is 212 g/mol. The maximum absolute atomic E-state index is 10.2. The van der Waals surface area contributed by atoms with E-state index in [4.69, 9.17) is 5.11 Å². The zero-order chi connectivity index (χ0) is 12.3. The molecule has 2 nitrogen and oxygen atoms in total. The fourth-order valence-electron chi connectivity index (χ4n) is 1.78. The second kappa shape index (κ2) is 4.58. The minimum Gasteiger partial charge on any atom is -0.384 e. The molecule has 0 spiro atoms. The van der Waals surface area contributed by atoms with E-state index in [0.29, 0.717) is 0 Å². The Kier molecular flexibility index (Phi) is 3.14. The number of hydrogen-bond acceptors (Lipinski definition) is 2. The summed E-state index contributed by atoms with van der Waals surface area (Å²) in [6.45, 7) is 1.38. The molecule has 0 saturated heterocycles. The van der Waals surface area contributed by atoms with Gasteiger partial charge in [-0.15, -0.1) is 0 Å². The Morgan fingerprint density at radius 3 is 2.53 bits per heavy atom. The molecule has 0 bridgehead atoms. The molecule has 2 aromatic carbocycles. The average molecular weight is 226 g/mol. The summed E-state index contributed by atoms with van der Waals surface area (Å²) in [5, 5.41) is 21.0. The third kappa shape index (κ3) is 2.47. The second-order valence-corrected chi connectivity index (χ2v) is 4.09. The van der Waals surface area contributed by atoms with Crippen molar-refractivity contribution in [1.82, 2.24) is 0 Å². The molecule has 0 aliphatic rings. The van der Waals surface area contributed by atoms with E-state index in [0.717, 1.165) is 16.3 Å². The van der Waals surface area contributed by atoms with Gasteiger partial charge < -0.3 is 10.2 Å². The van der Waals surface area contributed by atoms with Crippen LogP contribution in [-0.4, -0.2) is 16.8 Å². The van der Waals surface area contributed by atoms with Crippen LogP contribution < -0.4 is 0 Å². The molecule has 0 aromatic heterocycles. The summed E-state index contributed by atoms with van der Waals surface area (Å²) in [5.74, 6) is 5.14. The average Bonchev–Trinajstić information content (AvgIpc) is 2.36. The Morgan fingerprint density at radius 1 is 1.12 bits per heavy atom. The first-order valence-electron chi connectivity index (χ1n) is 5.46. The maximum Gasteiger partial charge on any atom is 0.148 e. The van der Waals surface area contributed by atoms with Gasteiger partial charge in [0.15, 0.2) is 0 Å². The van der Waals surface area contributed by atoms with Crippen LogP contribution in [0, 0.1) is 11.8 Å². The lowest BCUT2D eigenvalue weighted by atomic mass is 9.94. The predicted octanol–water partition coefficient (Wildman–Crippen LogP) is 2.04. The summed E-state index contributed by atoms with van der Waals surface area (Å²) < 4.78 is 0. The minimum absolute atomic E-state index is 0.246. The molecule has 0 unspecified atom stereocenters. The van der Waals surface area contributed by atoms with E-state index >= 15 is 0 Å². The summed E-state index contributed by atoms with van der Waals surface area (Å²) >= 11 is 0. The first kappa shape index (κ1) is 11.7. The van der Waals surface area contributed by atoms with E-state index in [1.54, 1.807) is 6.92 Å². The van der Waals surface area contributed by atoms with Crippen molar-refractivity contribution in [3.05, 3.63) is 48.0 Å². The number of fused-ring (bicyclic) bond motifs is 1. The fraction of sp³-hybridized carbons (Fsp3) is 0.200. The highest BCUT2D eigenvalue weighted by molar-refractivity contribution is 5.83. The fourth-order valence-corrected chi connectivity index (χ4v) is 1.78. The topological polar surface area (TPSA) is 40.5 Å². The van der Waals surface area contributed by atoms with Gasteiger partial charge >= 0.3 is 0 Å². The van der Waals surface area contributed by atoms with Gasteiger partial charge in [-0.3, -0.25) is 0 Å². The molecule has 0 heterocycles. The van der Waals surface area contributed by atoms with E-state index < -0.39 is 5.60 Å². The van der Waals surface area contributed by atoms with Crippen molar-refractivity contribution in [3.8, 4) is 11.8 Å². The van der Waals surface area contributed by atoms with Gasteiger partial charge in [0.25, 0.3) is 0 Å². The molecule has 0 radical (unpaired) electrons. The van der Waals surface area contributed by atoms with Crippen LogP contribution in [0.25, 0.3) is 10.8 Å². The third-order valence-corrected chi connectivity index (χ3v) is 2.72. The molecule has 2 rings (SSSR count). The molecule has 2 aromatic rings. The number of aliphatic hydroxyl groups excluding tert-OH is 1. The largest absolute Gasteiger partial charge is 0.384 e. The lowest BCUT2D eigenvalue weighted by Gasteiger charge is -2.17. The van der Waals surface area contributed by atoms with Crippen molar-refractivity contribution in [2.45, 2.75) is 12.5 Å². The number of rotatable bonds is 1. The molecule has 0 amide bonds. The quantitative estimate of drug-likeness (QED) is 0.730. The van der Waals surface area contributed by atoms with E-state index in [1.807, 2.05) is 42.5 Å². The van der Waals surface area contributed by atoms with Gasteiger partial charge in [-0.1, -0.05) is 48.2 Å². The number of benzene rings is 2. The number of hydrogen-bond donors (Lipinski definition) is 2. The van der Waals surface area contributed by atoms with Crippen molar-refractivity contribution >= 4 is 10.8 Å². The van der Waals surface area contributed by atoms with Crippen molar-refractivity contribution in [2.75, 3.05) is 6.61 Å². The molecule has 86 valence electrons. The highest BCUT2D eigenvalue weighted by Crippen LogP contribution is 2.24. The summed E-state index contributed by atoms with van der Waals surface area (Å²) in [5.41, 5.74) is -0.496. The van der Waals surface area contributed by atoms with Gasteiger partial charge in [0.1, 0.15) is 12.2 Å². The standard InChI is InChI=1S/C15H14O2/c1-15(17,9-4-10-16)14-8-7-12-5-2-3-6-13(12)11-14/h2-3,5-8,11,16-17H,10H2,1H3/t15-/m0/s1. The van der Waals surface area contributed by atoms with E-state index in [9.17, 15) is 5.11 Å². The Labute approximate surface area is 101 Å². The van der Waals surface area contributed by atoms with E-state index in [1.165, 1.54) is 0 Å². The third-order valence-electron chi connectivity index (χ3n) is 2.72. The van der Waals surface area contributed by atoms with Crippen LogP contribution in [0.3, 0.4) is 0 Å². The van der Waals surface area contributed by atoms with Crippen LogP contribution >= 0.6 is 0 Å². The minimum atomic E-state index is -1.23. The monoisotopic (exact) mass is 226 g/mol. The summed E-state index contributed by atoms with van der Waals surface area (Å²) in [6, 6.07) is 13.7. The van der Waals surface area contributed by atoms with E-state index in [-0.39, 0.29) is 6.61 Å². The molecule has 0 saturated carbocycles. The molecule has 2 N–H and O–H groups in total. The molecule has 0 aliphatic carbocycles. The lowest BCUT2D eigenvalue weighted by Crippen LogP contribution is -2.18. The second-order valence-electron chi connectivity index (χ2n) is 4.09. The van der Waals surface area contributed by atoms with Gasteiger partial charge in [-0.25, -0.2) is 0 Å². The van der Waals surface area contributed by atoms with Crippen molar-refractivity contribution < 1.29 is 10.2 Å². The van der Waals surface area contributed by atoms with Crippen molar-refractivity contribution in [3.63, 3.8) is 0 Å². The van der Waals surface area contributed by atoms with Gasteiger partial charge in [-0.05, 0) is 29.3 Å². The normalized spacial score (nSPS) is 13.8. The van der Waals surface area contributed by atoms with Crippen molar-refractivity contribution in [2.24, 2.45) is 0 Å². The van der Waals surface area contributed by atoms with Crippen LogP contribution in [0.15, 0.2) is 42.5 Å². The van der Waals surface area contributed by atoms with Gasteiger partial charge in [0.05, 0.1) is 0 Å². The predicted molar refractivity (Wildman–Crippen MR) is 68.4 cm³/mol. The molecule has 0 aliphatic heterocycles. The van der Waals surface area contributed by atoms with Crippen LogP contribution in [0.5, 0.6) is 0 Å². The summed E-state index contributed by atoms with van der Waals surface area (Å²) in [6.07, 6.45) is 0. The molecule has 17 heavy (non-hydrogen) atoms. The zero-order valence-corrected chi connectivity index (χ0v) is 9.64. The highest BCUT2D eigenvalue weighted by Gasteiger charge is 2.19. The Hall–Kier alpha value is -1.82. The first-order valence-corrected chi connectivity index (χ1v) is 5.46. The molecular formula is C15H14O2. The smallest absolute Gasteiger partial charge is 0.148 e. The van der Waals surface area contributed by atoms with Gasteiger partial charge in [-0.2, -0.15) is 0 Å². The SMILES string of the molecule is C[C@](O)(C#CCO)c1ccc2ccccc2c1. The lowest BCUT2D eigenvalue weighted by molar-refractivity contribution is 0.122. The summed E-state index contributed by atoms with van der Waals surface area (Å²) in [4.78, 5) is 0. The Morgan fingerprint density at radius 2 is 1.82 bits per heavy atom. The number of aliphatic hydroxyl groups is 2. The van der Waals surface area contributed by atoms with Gasteiger partial charge in [0.2, 0.25) is 0 Å². The highest BCUT2D eigenvalue weighted by atomic mass is 16.3. The van der Waals surface area contributed by atoms with Crippen LogP contribution in [0.1, 0.15) is 12.5 Å². The first-order chi connectivity index (χ1) is 8.13. The Balaban J connectivity index is 2.49. The molecule has 0 fully saturated rings. The molecule has 1 atom stereocenters. The van der Waals surface area contributed by atoms with Gasteiger partial charge in [0, 0.05) is 0 Å². The Bertz CT molecular complexity index is 588. The molecule has 2 heteroatoms. The zero-order valence-electron chi connectivity index (χ0n) is 9.64.